The van der Waals surface area contributed by atoms with Crippen LogP contribution in [0.25, 0.3) is 22.2 Å². The molecule has 0 saturated carbocycles. The fourth-order valence-electron chi connectivity index (χ4n) is 2.72. The summed E-state index contributed by atoms with van der Waals surface area (Å²) < 4.78 is 1.70. The molecule has 0 radical (unpaired) electrons. The van der Waals surface area contributed by atoms with Crippen molar-refractivity contribution in [1.29, 1.82) is 0 Å². The van der Waals surface area contributed by atoms with Gasteiger partial charge in [0.2, 0.25) is 11.0 Å². The third-order valence-corrected chi connectivity index (χ3v) is 4.85. The number of hydrogen-bond acceptors (Lipinski definition) is 5. The van der Waals surface area contributed by atoms with Crippen LogP contribution in [0, 0.1) is 6.92 Å². The molecule has 0 spiro atoms. The zero-order chi connectivity index (χ0) is 17.4. The molecule has 4 rings (SSSR count). The van der Waals surface area contributed by atoms with Gasteiger partial charge in [0.05, 0.1) is 11.2 Å². The highest BCUT2D eigenvalue weighted by atomic mass is 32.1. The second kappa shape index (κ2) is 6.14. The molecule has 0 saturated heterocycles. The first-order chi connectivity index (χ1) is 12.1. The third-order valence-electron chi connectivity index (χ3n) is 4.12. The molecule has 0 aliphatic rings. The standard InChI is InChI=1S/C19H16N4OS/c1-12-7-9-13(10-8-12)15-11-25-19(20-15)22-21-17-14-5-3-4-6-16(14)23(2)18(17)24/h3-11,24H,1-2H3. The monoisotopic (exact) mass is 348 g/mol. The second-order valence-corrected chi connectivity index (χ2v) is 6.67. The van der Waals surface area contributed by atoms with Crippen LogP contribution in [0.1, 0.15) is 5.56 Å². The summed E-state index contributed by atoms with van der Waals surface area (Å²) in [5.74, 6) is 0.0975. The van der Waals surface area contributed by atoms with Crippen LogP contribution in [0.15, 0.2) is 64.1 Å². The molecule has 2 heterocycles. The lowest BCUT2D eigenvalue weighted by Gasteiger charge is -1.96. The molecule has 1 N–H and O–H groups in total. The first-order valence-corrected chi connectivity index (χ1v) is 8.72. The summed E-state index contributed by atoms with van der Waals surface area (Å²) in [5.41, 5.74) is 4.52. The first kappa shape index (κ1) is 15.5. The number of para-hydroxylation sites is 1. The number of benzene rings is 2. The van der Waals surface area contributed by atoms with Crippen LogP contribution in [0.3, 0.4) is 0 Å². The van der Waals surface area contributed by atoms with Crippen molar-refractivity contribution in [3.63, 3.8) is 0 Å². The molecule has 2 aromatic carbocycles. The highest BCUT2D eigenvalue weighted by Gasteiger charge is 2.13. The van der Waals surface area contributed by atoms with Crippen molar-refractivity contribution in [1.82, 2.24) is 9.55 Å². The fourth-order valence-corrected chi connectivity index (χ4v) is 3.36. The van der Waals surface area contributed by atoms with E-state index >= 15 is 0 Å². The van der Waals surface area contributed by atoms with E-state index in [4.69, 9.17) is 0 Å². The number of aromatic nitrogens is 2. The number of azo groups is 1. The lowest BCUT2D eigenvalue weighted by molar-refractivity contribution is 0.436. The minimum atomic E-state index is 0.0975. The van der Waals surface area contributed by atoms with Crippen molar-refractivity contribution in [3.8, 4) is 17.1 Å². The van der Waals surface area contributed by atoms with E-state index in [9.17, 15) is 5.11 Å². The maximum absolute atomic E-state index is 10.3. The molecular formula is C19H16N4OS. The quantitative estimate of drug-likeness (QED) is 0.480. The number of hydrogen-bond donors (Lipinski definition) is 1. The molecule has 5 nitrogen and oxygen atoms in total. The van der Waals surface area contributed by atoms with Crippen molar-refractivity contribution >= 4 is 33.1 Å². The minimum absolute atomic E-state index is 0.0975. The molecule has 25 heavy (non-hydrogen) atoms. The van der Waals surface area contributed by atoms with Crippen molar-refractivity contribution < 1.29 is 5.11 Å². The van der Waals surface area contributed by atoms with E-state index in [0.717, 1.165) is 22.2 Å². The number of thiazole rings is 1. The first-order valence-electron chi connectivity index (χ1n) is 7.84. The van der Waals surface area contributed by atoms with Crippen LogP contribution in [-0.2, 0) is 7.05 Å². The molecule has 2 aromatic heterocycles. The minimum Gasteiger partial charge on any atom is -0.493 e. The predicted molar refractivity (Wildman–Crippen MR) is 101 cm³/mol. The molecule has 6 heteroatoms. The SMILES string of the molecule is Cc1ccc(-c2csc(N=Nc3c(O)n(C)c4ccccc34)n2)cc1. The van der Waals surface area contributed by atoms with Gasteiger partial charge >= 0.3 is 0 Å². The van der Waals surface area contributed by atoms with E-state index in [-0.39, 0.29) is 5.88 Å². The highest BCUT2D eigenvalue weighted by molar-refractivity contribution is 7.13. The van der Waals surface area contributed by atoms with Crippen molar-refractivity contribution in [2.24, 2.45) is 17.3 Å². The Hall–Kier alpha value is -2.99. The Morgan fingerprint density at radius 3 is 2.60 bits per heavy atom. The van der Waals surface area contributed by atoms with Gasteiger partial charge in [-0.2, -0.15) is 0 Å². The van der Waals surface area contributed by atoms with Gasteiger partial charge in [-0.15, -0.1) is 21.6 Å². The molecule has 0 aliphatic carbocycles. The van der Waals surface area contributed by atoms with Crippen LogP contribution in [0.4, 0.5) is 10.8 Å². The smallest absolute Gasteiger partial charge is 0.230 e. The largest absolute Gasteiger partial charge is 0.493 e. The predicted octanol–water partition coefficient (Wildman–Crippen LogP) is 5.73. The molecule has 0 aliphatic heterocycles. The summed E-state index contributed by atoms with van der Waals surface area (Å²) in [7, 11) is 1.80. The van der Waals surface area contributed by atoms with Crippen molar-refractivity contribution in [2.45, 2.75) is 6.92 Å². The molecule has 0 atom stereocenters. The van der Waals surface area contributed by atoms with Gasteiger partial charge in [-0.05, 0) is 13.0 Å². The number of aryl methyl sites for hydroxylation is 2. The average Bonchev–Trinajstić information content (AvgIpc) is 3.19. The summed E-state index contributed by atoms with van der Waals surface area (Å²) in [5, 5.41) is 22.2. The topological polar surface area (TPSA) is 62.8 Å². The van der Waals surface area contributed by atoms with E-state index in [1.807, 2.05) is 41.8 Å². The third kappa shape index (κ3) is 2.81. The summed E-state index contributed by atoms with van der Waals surface area (Å²) in [6.45, 7) is 2.06. The van der Waals surface area contributed by atoms with Crippen LogP contribution in [0.2, 0.25) is 0 Å². The Morgan fingerprint density at radius 2 is 1.80 bits per heavy atom. The van der Waals surface area contributed by atoms with Crippen LogP contribution in [0.5, 0.6) is 5.88 Å². The molecule has 0 bridgehead atoms. The second-order valence-electron chi connectivity index (χ2n) is 5.83. The normalized spacial score (nSPS) is 11.6. The van der Waals surface area contributed by atoms with E-state index in [1.165, 1.54) is 16.9 Å². The molecular weight excluding hydrogens is 332 g/mol. The Kier molecular flexibility index (Phi) is 3.82. The number of aromatic hydroxyl groups is 1. The van der Waals surface area contributed by atoms with Gasteiger partial charge in [0.15, 0.2) is 5.69 Å². The summed E-state index contributed by atoms with van der Waals surface area (Å²) in [6.07, 6.45) is 0. The summed E-state index contributed by atoms with van der Waals surface area (Å²) in [4.78, 5) is 4.51. The number of rotatable bonds is 3. The van der Waals surface area contributed by atoms with Gasteiger partial charge in [-0.1, -0.05) is 48.0 Å². The average molecular weight is 348 g/mol. The maximum atomic E-state index is 10.3. The molecule has 0 unspecified atom stereocenters. The van der Waals surface area contributed by atoms with Gasteiger partial charge in [0.1, 0.15) is 0 Å². The van der Waals surface area contributed by atoms with Gasteiger partial charge in [0, 0.05) is 23.4 Å². The Labute approximate surface area is 148 Å². The van der Waals surface area contributed by atoms with Crippen LogP contribution >= 0.6 is 11.3 Å². The Bertz CT molecular complexity index is 1080. The van der Waals surface area contributed by atoms with Crippen LogP contribution < -0.4 is 0 Å². The number of fused-ring (bicyclic) bond motifs is 1. The zero-order valence-corrected chi connectivity index (χ0v) is 14.7. The Morgan fingerprint density at radius 1 is 1.04 bits per heavy atom. The summed E-state index contributed by atoms with van der Waals surface area (Å²) >= 11 is 1.43. The fraction of sp³-hybridized carbons (Fsp3) is 0.105. The zero-order valence-electron chi connectivity index (χ0n) is 13.8. The number of nitrogens with zero attached hydrogens (tertiary/aromatic N) is 4. The van der Waals surface area contributed by atoms with Gasteiger partial charge in [0.25, 0.3) is 0 Å². The maximum Gasteiger partial charge on any atom is 0.230 e. The lowest BCUT2D eigenvalue weighted by Crippen LogP contribution is -1.84. The molecule has 0 fully saturated rings. The summed E-state index contributed by atoms with van der Waals surface area (Å²) in [6, 6.07) is 15.9. The van der Waals surface area contributed by atoms with Crippen molar-refractivity contribution in [3.05, 3.63) is 59.5 Å². The van der Waals surface area contributed by atoms with Gasteiger partial charge in [-0.25, -0.2) is 4.98 Å². The molecule has 0 amide bonds. The van der Waals surface area contributed by atoms with Gasteiger partial charge in [-0.3, -0.25) is 0 Å². The lowest BCUT2D eigenvalue weighted by atomic mass is 10.1. The van der Waals surface area contributed by atoms with E-state index < -0.39 is 0 Å². The van der Waals surface area contributed by atoms with Crippen molar-refractivity contribution in [2.75, 3.05) is 0 Å². The molecule has 124 valence electrons. The highest BCUT2D eigenvalue weighted by Crippen LogP contribution is 2.39. The van der Waals surface area contributed by atoms with E-state index in [0.29, 0.717) is 10.8 Å². The van der Waals surface area contributed by atoms with E-state index in [2.05, 4.69) is 34.3 Å². The molecule has 4 aromatic rings. The van der Waals surface area contributed by atoms with E-state index in [1.54, 1.807) is 11.6 Å². The van der Waals surface area contributed by atoms with Crippen LogP contribution in [-0.4, -0.2) is 14.7 Å². The Balaban J connectivity index is 1.67. The van der Waals surface area contributed by atoms with Gasteiger partial charge < -0.3 is 9.67 Å².